The number of carbonyl (C=O) groups excluding carboxylic acids is 1. The summed E-state index contributed by atoms with van der Waals surface area (Å²) < 4.78 is 31.3. The minimum atomic E-state index is -4.43. The van der Waals surface area contributed by atoms with Crippen molar-refractivity contribution in [3.05, 3.63) is 35.9 Å². The molecule has 0 unspecified atom stereocenters. The van der Waals surface area contributed by atoms with Crippen molar-refractivity contribution in [2.45, 2.75) is 4.90 Å². The number of fused-ring (bicyclic) bond motifs is 1. The Morgan fingerprint density at radius 1 is 1.22 bits per heavy atom. The Hall–Kier alpha value is -2.12. The predicted octanol–water partition coefficient (Wildman–Crippen LogP) is 1.33. The quantitative estimate of drug-likeness (QED) is 0.797. The minimum absolute atomic E-state index is 0.0509. The van der Waals surface area contributed by atoms with E-state index in [9.17, 15) is 18.3 Å². The number of amides is 1. The topological polar surface area (TPSA) is 117 Å². The monoisotopic (exact) mass is 266 g/mol. The van der Waals surface area contributed by atoms with Crippen molar-refractivity contribution >= 4 is 26.8 Å². The highest BCUT2D eigenvalue weighted by molar-refractivity contribution is 7.86. The zero-order valence-electron chi connectivity index (χ0n) is 8.95. The van der Waals surface area contributed by atoms with Gasteiger partial charge in [-0.25, -0.2) is 0 Å². The van der Waals surface area contributed by atoms with Crippen molar-refractivity contribution in [3.63, 3.8) is 0 Å². The molecule has 18 heavy (non-hydrogen) atoms. The van der Waals surface area contributed by atoms with E-state index in [1.54, 1.807) is 0 Å². The maximum atomic E-state index is 11.6. The Morgan fingerprint density at radius 2 is 1.89 bits per heavy atom. The number of rotatable bonds is 2. The van der Waals surface area contributed by atoms with Gasteiger partial charge in [-0.2, -0.15) is 8.42 Å². The second-order valence-electron chi connectivity index (χ2n) is 3.66. The van der Waals surface area contributed by atoms with Crippen molar-refractivity contribution < 1.29 is 22.9 Å². The van der Waals surface area contributed by atoms with Crippen LogP contribution in [0.5, 0.6) is 5.75 Å². The number of nitrogens with two attached hydrogens (primary N) is 1. The smallest absolute Gasteiger partial charge is 0.295 e. The molecular formula is C11H8NO5S. The van der Waals surface area contributed by atoms with E-state index >= 15 is 0 Å². The fourth-order valence-electron chi connectivity index (χ4n) is 1.69. The Kier molecular flexibility index (Phi) is 2.72. The summed E-state index contributed by atoms with van der Waals surface area (Å²) in [6, 6.07) is 6.24. The van der Waals surface area contributed by atoms with Crippen molar-refractivity contribution in [3.8, 4) is 5.75 Å². The molecule has 0 atom stereocenters. The fourth-order valence-corrected chi connectivity index (χ4v) is 2.40. The summed E-state index contributed by atoms with van der Waals surface area (Å²) in [6.07, 6.45) is 0. The summed E-state index contributed by atoms with van der Waals surface area (Å²) in [7, 11) is -4.43. The molecule has 6 nitrogen and oxygen atoms in total. The van der Waals surface area contributed by atoms with Crippen LogP contribution in [0.4, 0.5) is 0 Å². The fraction of sp³-hybridized carbons (Fsp3) is 0. The number of carbonyl (C=O) groups is 1. The highest BCUT2D eigenvalue weighted by atomic mass is 32.2. The molecule has 1 radical (unpaired) electrons. The second kappa shape index (κ2) is 3.97. The number of benzene rings is 2. The molecule has 0 bridgehead atoms. The van der Waals surface area contributed by atoms with Crippen LogP contribution in [0.1, 0.15) is 10.4 Å². The average molecular weight is 266 g/mol. The summed E-state index contributed by atoms with van der Waals surface area (Å²) in [5, 5.41) is 12.0. The molecule has 0 aliphatic carbocycles. The zero-order chi connectivity index (χ0) is 13.5. The van der Waals surface area contributed by atoms with E-state index < -0.39 is 21.8 Å². The van der Waals surface area contributed by atoms with Gasteiger partial charge in [0.1, 0.15) is 4.90 Å². The van der Waals surface area contributed by atoms with E-state index in [-0.39, 0.29) is 15.8 Å². The van der Waals surface area contributed by atoms with Crippen LogP contribution >= 0.6 is 0 Å². The molecule has 0 aromatic heterocycles. The summed E-state index contributed by atoms with van der Waals surface area (Å²) in [6.45, 7) is 0. The van der Waals surface area contributed by atoms with Crippen LogP contribution in [0.15, 0.2) is 35.2 Å². The van der Waals surface area contributed by atoms with Gasteiger partial charge in [-0.3, -0.25) is 14.5 Å². The van der Waals surface area contributed by atoms with Crippen LogP contribution in [0.2, 0.25) is 0 Å². The first-order chi connectivity index (χ1) is 8.30. The highest BCUT2D eigenvalue weighted by Gasteiger charge is 2.17. The van der Waals surface area contributed by atoms with Gasteiger partial charge in [-0.05, 0) is 23.6 Å². The Bertz CT molecular complexity index is 751. The van der Waals surface area contributed by atoms with Crippen LogP contribution in [0.3, 0.4) is 0 Å². The molecule has 93 valence electrons. The molecule has 0 saturated heterocycles. The third-order valence-corrected chi connectivity index (χ3v) is 3.40. The molecule has 3 N–H and O–H groups in total. The lowest BCUT2D eigenvalue weighted by atomic mass is 10.1. The first-order valence-electron chi connectivity index (χ1n) is 4.82. The van der Waals surface area contributed by atoms with Gasteiger partial charge in [-0.1, -0.05) is 12.1 Å². The molecule has 7 heteroatoms. The third-order valence-electron chi connectivity index (χ3n) is 2.48. The maximum Gasteiger partial charge on any atom is 0.295 e. The summed E-state index contributed by atoms with van der Waals surface area (Å²) in [5.74, 6) is -1.58. The van der Waals surface area contributed by atoms with E-state index in [0.29, 0.717) is 5.39 Å². The van der Waals surface area contributed by atoms with E-state index in [4.69, 9.17) is 10.3 Å². The minimum Gasteiger partial charge on any atom is -0.365 e. The summed E-state index contributed by atoms with van der Waals surface area (Å²) in [4.78, 5) is 10.6. The normalized spacial score (nSPS) is 11.6. The van der Waals surface area contributed by atoms with E-state index in [0.717, 1.165) is 6.07 Å². The molecule has 0 saturated carbocycles. The van der Waals surface area contributed by atoms with Gasteiger partial charge in [0.05, 0.1) is 5.56 Å². The van der Waals surface area contributed by atoms with Crippen molar-refractivity contribution in [2.24, 2.45) is 5.73 Å². The summed E-state index contributed by atoms with van der Waals surface area (Å²) in [5.41, 5.74) is 4.80. The number of primary amides is 1. The lowest BCUT2D eigenvalue weighted by Gasteiger charge is -2.05. The average Bonchev–Trinajstić information content (AvgIpc) is 2.25. The van der Waals surface area contributed by atoms with Gasteiger partial charge in [0.2, 0.25) is 0 Å². The van der Waals surface area contributed by atoms with Gasteiger partial charge in [0.25, 0.3) is 16.0 Å². The van der Waals surface area contributed by atoms with Crippen molar-refractivity contribution in [1.29, 1.82) is 0 Å². The molecule has 0 aliphatic heterocycles. The van der Waals surface area contributed by atoms with Gasteiger partial charge >= 0.3 is 0 Å². The Balaban J connectivity index is 2.89. The molecule has 0 fully saturated rings. The number of hydrogen-bond donors (Lipinski definition) is 2. The van der Waals surface area contributed by atoms with Gasteiger partial charge < -0.3 is 5.73 Å². The Morgan fingerprint density at radius 3 is 2.44 bits per heavy atom. The first kappa shape index (κ1) is 12.3. The molecule has 2 rings (SSSR count). The van der Waals surface area contributed by atoms with Crippen LogP contribution in [0.25, 0.3) is 10.8 Å². The highest BCUT2D eigenvalue weighted by Crippen LogP contribution is 2.29. The zero-order valence-corrected chi connectivity index (χ0v) is 9.77. The van der Waals surface area contributed by atoms with E-state index in [1.807, 2.05) is 0 Å². The van der Waals surface area contributed by atoms with Crippen molar-refractivity contribution in [1.82, 2.24) is 0 Å². The molecule has 0 aliphatic rings. The van der Waals surface area contributed by atoms with Gasteiger partial charge in [-0.15, -0.1) is 0 Å². The molecule has 2 aromatic rings. The molecule has 0 spiro atoms. The van der Waals surface area contributed by atoms with Gasteiger partial charge in [0, 0.05) is 5.39 Å². The van der Waals surface area contributed by atoms with Crippen LogP contribution in [-0.2, 0) is 15.2 Å². The molecular weight excluding hydrogens is 258 g/mol. The third kappa shape index (κ3) is 2.01. The summed E-state index contributed by atoms with van der Waals surface area (Å²) >= 11 is 0. The SMILES string of the molecule is NC(=O)c1cc2cccc(S(=O)(=O)O)c2cc1[O]. The van der Waals surface area contributed by atoms with Crippen LogP contribution in [-0.4, -0.2) is 18.9 Å². The predicted molar refractivity (Wildman–Crippen MR) is 62.4 cm³/mol. The lowest BCUT2D eigenvalue weighted by molar-refractivity contribution is 0.0996. The van der Waals surface area contributed by atoms with Gasteiger partial charge in [0.15, 0.2) is 5.75 Å². The number of hydrogen-bond acceptors (Lipinski definition) is 3. The maximum absolute atomic E-state index is 11.6. The van der Waals surface area contributed by atoms with E-state index in [2.05, 4.69) is 0 Å². The lowest BCUT2D eigenvalue weighted by Crippen LogP contribution is -2.11. The molecule has 0 heterocycles. The van der Waals surface area contributed by atoms with Crippen LogP contribution in [0, 0.1) is 0 Å². The van der Waals surface area contributed by atoms with E-state index in [1.165, 1.54) is 24.3 Å². The Labute approximate surface area is 102 Å². The largest absolute Gasteiger partial charge is 0.365 e. The standard InChI is InChI=1S/C11H8NO5S/c12-11(14)8-4-6-2-1-3-10(18(15,16)17)7(6)5-9(8)13/h1-5H,(H2,12,14)(H,15,16,17). The van der Waals surface area contributed by atoms with Crippen LogP contribution < -0.4 is 5.73 Å². The molecule has 1 amide bonds. The van der Waals surface area contributed by atoms with Crippen molar-refractivity contribution in [2.75, 3.05) is 0 Å². The first-order valence-corrected chi connectivity index (χ1v) is 6.26. The second-order valence-corrected chi connectivity index (χ2v) is 5.05. The molecule has 2 aromatic carbocycles.